The molecule has 0 bridgehead atoms. The van der Waals surface area contributed by atoms with E-state index in [0.29, 0.717) is 17.8 Å². The van der Waals surface area contributed by atoms with Crippen LogP contribution in [-0.4, -0.2) is 22.0 Å². The van der Waals surface area contributed by atoms with Crippen molar-refractivity contribution in [2.45, 2.75) is 13.8 Å². The quantitative estimate of drug-likeness (QED) is 0.694. The summed E-state index contributed by atoms with van der Waals surface area (Å²) in [7, 11) is 0. The van der Waals surface area contributed by atoms with Gasteiger partial charge in [0.25, 0.3) is 0 Å². The molecule has 0 atom stereocenters. The number of carbonyl (C=O) groups excluding carboxylic acids is 1. The van der Waals surface area contributed by atoms with Crippen LogP contribution in [0.4, 0.5) is 4.39 Å². The van der Waals surface area contributed by atoms with Crippen LogP contribution in [0.2, 0.25) is 0 Å². The van der Waals surface area contributed by atoms with Crippen molar-refractivity contribution in [2.24, 2.45) is 0 Å². The number of aromatic nitrogens is 2. The molecule has 112 valence electrons. The summed E-state index contributed by atoms with van der Waals surface area (Å²) in [5.74, 6) is -0.660. The number of hydrogen-bond acceptors (Lipinski definition) is 3. The van der Waals surface area contributed by atoms with Crippen molar-refractivity contribution in [1.82, 2.24) is 9.38 Å². The molecule has 0 amide bonds. The van der Waals surface area contributed by atoms with E-state index in [0.717, 1.165) is 16.8 Å². The van der Waals surface area contributed by atoms with E-state index in [1.54, 1.807) is 37.5 Å². The number of halogens is 1. The van der Waals surface area contributed by atoms with Gasteiger partial charge in [-0.2, -0.15) is 0 Å². The van der Waals surface area contributed by atoms with Gasteiger partial charge in [-0.1, -0.05) is 12.1 Å². The third kappa shape index (κ3) is 2.35. The summed E-state index contributed by atoms with van der Waals surface area (Å²) in [5.41, 5.74) is 3.68. The lowest BCUT2D eigenvalue weighted by molar-refractivity contribution is 0.0528. The smallest absolute Gasteiger partial charge is 0.341 e. The van der Waals surface area contributed by atoms with Crippen molar-refractivity contribution in [3.63, 3.8) is 0 Å². The fraction of sp³-hybridized carbons (Fsp3) is 0.176. The van der Waals surface area contributed by atoms with Crippen LogP contribution in [-0.2, 0) is 4.74 Å². The number of aryl methyl sites for hydroxylation is 1. The van der Waals surface area contributed by atoms with Gasteiger partial charge in [-0.15, -0.1) is 0 Å². The highest BCUT2D eigenvalue weighted by atomic mass is 19.1. The normalized spacial score (nSPS) is 10.9. The number of esters is 1. The van der Waals surface area contributed by atoms with Gasteiger partial charge in [-0.3, -0.25) is 0 Å². The van der Waals surface area contributed by atoms with Crippen molar-refractivity contribution in [2.75, 3.05) is 6.61 Å². The monoisotopic (exact) mass is 298 g/mol. The maximum absolute atomic E-state index is 13.0. The summed E-state index contributed by atoms with van der Waals surface area (Å²) in [6, 6.07) is 7.95. The van der Waals surface area contributed by atoms with Crippen LogP contribution in [0.5, 0.6) is 0 Å². The topological polar surface area (TPSA) is 43.6 Å². The fourth-order valence-corrected chi connectivity index (χ4v) is 2.46. The predicted octanol–water partition coefficient (Wildman–Crippen LogP) is 3.63. The summed E-state index contributed by atoms with van der Waals surface area (Å²) in [6.45, 7) is 4.02. The van der Waals surface area contributed by atoms with E-state index in [-0.39, 0.29) is 11.8 Å². The second-order valence-electron chi connectivity index (χ2n) is 4.91. The van der Waals surface area contributed by atoms with E-state index < -0.39 is 0 Å². The Labute approximate surface area is 127 Å². The Kier molecular flexibility index (Phi) is 3.63. The molecule has 0 saturated carbocycles. The van der Waals surface area contributed by atoms with E-state index in [4.69, 9.17) is 4.74 Å². The van der Waals surface area contributed by atoms with Crippen LogP contribution in [0.25, 0.3) is 16.8 Å². The average molecular weight is 298 g/mol. The van der Waals surface area contributed by atoms with Gasteiger partial charge in [0.15, 0.2) is 5.65 Å². The molecule has 0 unspecified atom stereocenters. The Morgan fingerprint density at radius 3 is 2.68 bits per heavy atom. The van der Waals surface area contributed by atoms with Crippen LogP contribution >= 0.6 is 0 Å². The molecule has 5 heteroatoms. The van der Waals surface area contributed by atoms with Gasteiger partial charge in [0, 0.05) is 23.7 Å². The molecule has 1 aromatic carbocycles. The number of ether oxygens (including phenoxy) is 1. The van der Waals surface area contributed by atoms with Gasteiger partial charge >= 0.3 is 5.97 Å². The molecule has 0 fully saturated rings. The van der Waals surface area contributed by atoms with Crippen LogP contribution in [0, 0.1) is 12.7 Å². The molecule has 0 aliphatic rings. The maximum atomic E-state index is 13.0. The lowest BCUT2D eigenvalue weighted by Crippen LogP contribution is -2.05. The third-order valence-electron chi connectivity index (χ3n) is 3.58. The molecule has 4 nitrogen and oxygen atoms in total. The van der Waals surface area contributed by atoms with Gasteiger partial charge < -0.3 is 9.14 Å². The minimum atomic E-state index is -0.383. The SMILES string of the molecule is CCOC(=O)c1ccn2c(C)c(-c3ccc(F)cc3)cnc12. The molecule has 0 spiro atoms. The Morgan fingerprint density at radius 1 is 1.27 bits per heavy atom. The highest BCUT2D eigenvalue weighted by molar-refractivity contribution is 5.96. The first-order valence-electron chi connectivity index (χ1n) is 7.01. The van der Waals surface area contributed by atoms with E-state index in [2.05, 4.69) is 4.98 Å². The Hall–Kier alpha value is -2.69. The number of rotatable bonds is 3. The van der Waals surface area contributed by atoms with Crippen molar-refractivity contribution in [3.8, 4) is 11.1 Å². The second kappa shape index (κ2) is 5.60. The van der Waals surface area contributed by atoms with E-state index in [9.17, 15) is 9.18 Å². The van der Waals surface area contributed by atoms with Crippen LogP contribution in [0.1, 0.15) is 23.0 Å². The molecule has 2 heterocycles. The summed E-state index contributed by atoms with van der Waals surface area (Å²) in [6.07, 6.45) is 3.48. The number of benzene rings is 1. The Bertz CT molecular complexity index is 838. The molecule has 0 N–H and O–H groups in total. The summed E-state index contributed by atoms with van der Waals surface area (Å²) < 4.78 is 19.9. The molecule has 2 aromatic heterocycles. The highest BCUT2D eigenvalue weighted by Crippen LogP contribution is 2.25. The maximum Gasteiger partial charge on any atom is 0.341 e. The molecular formula is C17H15FN2O2. The average Bonchev–Trinajstić information content (AvgIpc) is 2.94. The number of fused-ring (bicyclic) bond motifs is 1. The fourth-order valence-electron chi connectivity index (χ4n) is 2.46. The first-order valence-corrected chi connectivity index (χ1v) is 7.01. The number of hydrogen-bond donors (Lipinski definition) is 0. The van der Waals surface area contributed by atoms with Gasteiger partial charge in [-0.25, -0.2) is 14.2 Å². The zero-order valence-corrected chi connectivity index (χ0v) is 12.3. The van der Waals surface area contributed by atoms with Gasteiger partial charge in [-0.05, 0) is 37.6 Å². The molecule has 3 rings (SSSR count). The molecule has 0 saturated heterocycles. The lowest BCUT2D eigenvalue weighted by Gasteiger charge is -2.09. The first kappa shape index (κ1) is 14.3. The second-order valence-corrected chi connectivity index (χ2v) is 4.91. The van der Waals surface area contributed by atoms with E-state index in [1.165, 1.54) is 12.1 Å². The van der Waals surface area contributed by atoms with Crippen molar-refractivity contribution in [1.29, 1.82) is 0 Å². The summed E-state index contributed by atoms with van der Waals surface area (Å²) in [4.78, 5) is 16.3. The van der Waals surface area contributed by atoms with Gasteiger partial charge in [0.2, 0.25) is 0 Å². The predicted molar refractivity (Wildman–Crippen MR) is 81.3 cm³/mol. The van der Waals surface area contributed by atoms with Gasteiger partial charge in [0.1, 0.15) is 11.4 Å². The Balaban J connectivity index is 2.11. The minimum absolute atomic E-state index is 0.277. The van der Waals surface area contributed by atoms with Crippen molar-refractivity contribution in [3.05, 3.63) is 59.8 Å². The first-order chi connectivity index (χ1) is 10.6. The molecule has 0 aliphatic carbocycles. The molecular weight excluding hydrogens is 283 g/mol. The highest BCUT2D eigenvalue weighted by Gasteiger charge is 2.16. The Morgan fingerprint density at radius 2 is 2.00 bits per heavy atom. The summed E-state index contributed by atoms with van der Waals surface area (Å²) in [5, 5.41) is 0. The molecule has 3 aromatic rings. The van der Waals surface area contributed by atoms with Crippen LogP contribution in [0.3, 0.4) is 0 Å². The molecule has 0 radical (unpaired) electrons. The largest absolute Gasteiger partial charge is 0.462 e. The zero-order chi connectivity index (χ0) is 15.7. The van der Waals surface area contributed by atoms with Crippen LogP contribution in [0.15, 0.2) is 42.7 Å². The van der Waals surface area contributed by atoms with Crippen molar-refractivity contribution < 1.29 is 13.9 Å². The molecule has 0 aliphatic heterocycles. The van der Waals surface area contributed by atoms with E-state index >= 15 is 0 Å². The summed E-state index contributed by atoms with van der Waals surface area (Å²) >= 11 is 0. The number of nitrogens with zero attached hydrogens (tertiary/aromatic N) is 2. The van der Waals surface area contributed by atoms with Gasteiger partial charge in [0.05, 0.1) is 6.61 Å². The third-order valence-corrected chi connectivity index (χ3v) is 3.58. The molecule has 22 heavy (non-hydrogen) atoms. The minimum Gasteiger partial charge on any atom is -0.462 e. The van der Waals surface area contributed by atoms with E-state index in [1.807, 2.05) is 11.3 Å². The standard InChI is InChI=1S/C17H15FN2O2/c1-3-22-17(21)14-8-9-20-11(2)15(10-19-16(14)20)12-4-6-13(18)7-5-12/h4-10H,3H2,1-2H3. The van der Waals surface area contributed by atoms with Crippen LogP contribution < -0.4 is 0 Å². The lowest BCUT2D eigenvalue weighted by atomic mass is 10.1. The van der Waals surface area contributed by atoms with Crippen molar-refractivity contribution >= 4 is 11.6 Å². The zero-order valence-electron chi connectivity index (χ0n) is 12.3. The number of carbonyl (C=O) groups is 1.